The molecule has 0 saturated carbocycles. The molecule has 12 heavy (non-hydrogen) atoms. The maximum absolute atomic E-state index is 3.95. The second-order valence-electron chi connectivity index (χ2n) is 2.15. The van der Waals surface area contributed by atoms with Crippen molar-refractivity contribution < 1.29 is 0 Å². The molecular weight excluding hydrogens is 146 g/mol. The predicted molar refractivity (Wildman–Crippen MR) is 56.3 cm³/mol. The number of aliphatic imine (C=N–C) groups is 1. The molecule has 0 spiro atoms. The number of rotatable bonds is 5. The van der Waals surface area contributed by atoms with E-state index in [-0.39, 0.29) is 0 Å². The van der Waals surface area contributed by atoms with Crippen LogP contribution in [0.5, 0.6) is 0 Å². The molecule has 62 valence electrons. The van der Waals surface area contributed by atoms with Crippen molar-refractivity contribution in [3.63, 3.8) is 0 Å². The van der Waals surface area contributed by atoms with Gasteiger partial charge in [0, 0.05) is 12.4 Å². The van der Waals surface area contributed by atoms with Gasteiger partial charge in [-0.15, -0.1) is 0 Å². The number of nitrogens with zero attached hydrogens (tertiary/aromatic N) is 1. The molecular formula is C11H13N. The molecule has 0 aromatic carbocycles. The van der Waals surface area contributed by atoms with Crippen LogP contribution in [0, 0.1) is 0 Å². The molecule has 0 aromatic rings. The Labute approximate surface area is 73.8 Å². The summed E-state index contributed by atoms with van der Waals surface area (Å²) in [5.74, 6) is 0. The van der Waals surface area contributed by atoms with Crippen molar-refractivity contribution >= 4 is 6.21 Å². The lowest BCUT2D eigenvalue weighted by atomic mass is 10.3. The van der Waals surface area contributed by atoms with Crippen molar-refractivity contribution in [3.8, 4) is 0 Å². The lowest BCUT2D eigenvalue weighted by Gasteiger charge is -1.85. The molecule has 1 heteroatoms. The van der Waals surface area contributed by atoms with Crippen molar-refractivity contribution in [1.82, 2.24) is 0 Å². The summed E-state index contributed by atoms with van der Waals surface area (Å²) in [7, 11) is 0. The van der Waals surface area contributed by atoms with Crippen LogP contribution in [0.25, 0.3) is 0 Å². The topological polar surface area (TPSA) is 12.4 Å². The summed E-state index contributed by atoms with van der Waals surface area (Å²) >= 11 is 0. The summed E-state index contributed by atoms with van der Waals surface area (Å²) in [6.07, 6.45) is 8.33. The van der Waals surface area contributed by atoms with E-state index in [0.29, 0.717) is 0 Å². The zero-order valence-electron chi connectivity index (χ0n) is 7.16. The van der Waals surface area contributed by atoms with E-state index >= 15 is 0 Å². The van der Waals surface area contributed by atoms with Crippen LogP contribution in [-0.2, 0) is 0 Å². The third-order valence-electron chi connectivity index (χ3n) is 1.14. The fourth-order valence-electron chi connectivity index (χ4n) is 0.398. The van der Waals surface area contributed by atoms with Crippen LogP contribution in [0.3, 0.4) is 0 Å². The van der Waals surface area contributed by atoms with E-state index in [0.717, 1.165) is 11.1 Å². The highest BCUT2D eigenvalue weighted by Crippen LogP contribution is 1.93. The Morgan fingerprint density at radius 2 is 1.58 bits per heavy atom. The van der Waals surface area contributed by atoms with Crippen LogP contribution >= 0.6 is 0 Å². The fourth-order valence-corrected chi connectivity index (χ4v) is 0.398. The summed E-state index contributed by atoms with van der Waals surface area (Å²) in [5, 5.41) is 0. The van der Waals surface area contributed by atoms with Gasteiger partial charge in [0.15, 0.2) is 0 Å². The minimum absolute atomic E-state index is 0.781. The van der Waals surface area contributed by atoms with Gasteiger partial charge in [-0.3, -0.25) is 4.99 Å². The predicted octanol–water partition coefficient (Wildman–Crippen LogP) is 3.06. The monoisotopic (exact) mass is 159 g/mol. The lowest BCUT2D eigenvalue weighted by Crippen LogP contribution is -1.72. The Hall–Kier alpha value is -1.63. The summed E-state index contributed by atoms with van der Waals surface area (Å²) in [4.78, 5) is 3.95. The van der Waals surface area contributed by atoms with Gasteiger partial charge in [0.05, 0.1) is 0 Å². The first kappa shape index (κ1) is 10.4. The zero-order chi connectivity index (χ0) is 9.40. The van der Waals surface area contributed by atoms with Gasteiger partial charge in [-0.25, -0.2) is 0 Å². The van der Waals surface area contributed by atoms with Gasteiger partial charge < -0.3 is 0 Å². The van der Waals surface area contributed by atoms with Gasteiger partial charge in [-0.1, -0.05) is 38.5 Å². The Balaban J connectivity index is 3.97. The largest absolute Gasteiger partial charge is 0.264 e. The van der Waals surface area contributed by atoms with Gasteiger partial charge in [0.25, 0.3) is 0 Å². The molecule has 0 aliphatic rings. The summed E-state index contributed by atoms with van der Waals surface area (Å²) in [6.45, 7) is 14.5. The standard InChI is InChI=1S/C11H13N/c1-5-10(3)7-8-12-9-11(4)6-2/h5-9H,1-4H2/b8-7-,12-9?. The van der Waals surface area contributed by atoms with Crippen LogP contribution in [0.4, 0.5) is 0 Å². The normalized spacial score (nSPS) is 10.3. The lowest BCUT2D eigenvalue weighted by molar-refractivity contribution is 1.56. The van der Waals surface area contributed by atoms with Crippen LogP contribution in [-0.4, -0.2) is 6.21 Å². The third-order valence-corrected chi connectivity index (χ3v) is 1.14. The summed E-state index contributed by atoms with van der Waals surface area (Å²) in [5.41, 5.74) is 1.61. The first-order valence-electron chi connectivity index (χ1n) is 3.53. The van der Waals surface area contributed by atoms with Crippen molar-refractivity contribution in [1.29, 1.82) is 0 Å². The minimum Gasteiger partial charge on any atom is -0.264 e. The maximum Gasteiger partial charge on any atom is 0.0334 e. The average Bonchev–Trinajstić information content (AvgIpc) is 2.11. The third kappa shape index (κ3) is 5.18. The number of allylic oxidation sites excluding steroid dienone is 5. The molecule has 0 unspecified atom stereocenters. The molecule has 0 atom stereocenters. The van der Waals surface area contributed by atoms with Crippen LogP contribution in [0.15, 0.2) is 66.9 Å². The Kier molecular flexibility index (Phi) is 5.28. The first-order chi connectivity index (χ1) is 5.70. The van der Waals surface area contributed by atoms with E-state index in [4.69, 9.17) is 0 Å². The molecule has 0 bridgehead atoms. The fraction of sp³-hybridized carbons (Fsp3) is 0. The average molecular weight is 159 g/mol. The Morgan fingerprint density at radius 3 is 2.08 bits per heavy atom. The molecule has 0 rings (SSSR count). The van der Waals surface area contributed by atoms with E-state index < -0.39 is 0 Å². The molecule has 0 heterocycles. The van der Waals surface area contributed by atoms with E-state index in [1.54, 1.807) is 30.6 Å². The quantitative estimate of drug-likeness (QED) is 0.432. The van der Waals surface area contributed by atoms with Crippen molar-refractivity contribution in [2.24, 2.45) is 4.99 Å². The van der Waals surface area contributed by atoms with Crippen molar-refractivity contribution in [2.75, 3.05) is 0 Å². The van der Waals surface area contributed by atoms with Gasteiger partial charge in [0.1, 0.15) is 0 Å². The Morgan fingerprint density at radius 1 is 1.00 bits per heavy atom. The number of hydrogen-bond donors (Lipinski definition) is 0. The summed E-state index contributed by atoms with van der Waals surface area (Å²) < 4.78 is 0. The van der Waals surface area contributed by atoms with Gasteiger partial charge in [-0.05, 0) is 17.2 Å². The van der Waals surface area contributed by atoms with E-state index in [2.05, 4.69) is 31.3 Å². The maximum atomic E-state index is 3.95. The SMILES string of the molecule is C=CC(=C)C=N/C=C\C(=C)C=C. The molecule has 0 aliphatic heterocycles. The first-order valence-corrected chi connectivity index (χ1v) is 3.53. The molecule has 0 aliphatic carbocycles. The zero-order valence-corrected chi connectivity index (χ0v) is 7.16. The van der Waals surface area contributed by atoms with E-state index in [9.17, 15) is 0 Å². The van der Waals surface area contributed by atoms with Crippen molar-refractivity contribution in [2.45, 2.75) is 0 Å². The smallest absolute Gasteiger partial charge is 0.0334 e. The molecule has 0 amide bonds. The second-order valence-corrected chi connectivity index (χ2v) is 2.15. The highest BCUT2D eigenvalue weighted by molar-refractivity contribution is 5.81. The van der Waals surface area contributed by atoms with Crippen LogP contribution in [0.1, 0.15) is 0 Å². The number of hydrogen-bond acceptors (Lipinski definition) is 1. The second kappa shape index (κ2) is 6.10. The van der Waals surface area contributed by atoms with Crippen LogP contribution < -0.4 is 0 Å². The molecule has 0 saturated heterocycles. The molecule has 0 aromatic heterocycles. The summed E-state index contributed by atoms with van der Waals surface area (Å²) in [6, 6.07) is 0. The Bertz CT molecular complexity index is 226. The van der Waals surface area contributed by atoms with E-state index in [1.807, 2.05) is 0 Å². The van der Waals surface area contributed by atoms with Crippen LogP contribution in [0.2, 0.25) is 0 Å². The highest BCUT2D eigenvalue weighted by Gasteiger charge is 1.76. The van der Waals surface area contributed by atoms with Gasteiger partial charge >= 0.3 is 0 Å². The highest BCUT2D eigenvalue weighted by atomic mass is 14.7. The minimum atomic E-state index is 0.781. The van der Waals surface area contributed by atoms with Crippen molar-refractivity contribution in [3.05, 3.63) is 61.9 Å². The molecule has 0 radical (unpaired) electrons. The van der Waals surface area contributed by atoms with Gasteiger partial charge in [-0.2, -0.15) is 0 Å². The molecule has 0 N–H and O–H groups in total. The molecule has 1 nitrogen and oxygen atoms in total. The van der Waals surface area contributed by atoms with E-state index in [1.165, 1.54) is 0 Å². The van der Waals surface area contributed by atoms with Gasteiger partial charge in [0.2, 0.25) is 0 Å². The molecule has 0 fully saturated rings.